The molecule has 1 aromatic rings. The lowest BCUT2D eigenvalue weighted by atomic mass is 9.96. The Morgan fingerprint density at radius 2 is 2.00 bits per heavy atom. The van der Waals surface area contributed by atoms with Crippen LogP contribution < -0.4 is 10.2 Å². The Kier molecular flexibility index (Phi) is 3.69. The molecule has 1 unspecified atom stereocenters. The number of carbonyl (C=O) groups excluding carboxylic acids is 2. The molecule has 0 radical (unpaired) electrons. The number of hydrogen-bond donors (Lipinski definition) is 1. The van der Waals surface area contributed by atoms with Crippen LogP contribution >= 0.6 is 11.6 Å². The van der Waals surface area contributed by atoms with E-state index in [-0.39, 0.29) is 23.8 Å². The molecule has 1 aliphatic rings. The number of rotatable bonds is 1. The molecule has 1 aromatic heterocycles. The second-order valence-corrected chi connectivity index (χ2v) is 6.23. The van der Waals surface area contributed by atoms with Crippen molar-refractivity contribution < 1.29 is 9.59 Å². The van der Waals surface area contributed by atoms with Gasteiger partial charge in [0.15, 0.2) is 0 Å². The Labute approximate surface area is 122 Å². The van der Waals surface area contributed by atoms with E-state index in [1.807, 2.05) is 20.8 Å². The number of halogens is 1. The summed E-state index contributed by atoms with van der Waals surface area (Å²) in [5, 5.41) is 2.59. The van der Waals surface area contributed by atoms with E-state index < -0.39 is 6.04 Å². The van der Waals surface area contributed by atoms with Gasteiger partial charge in [-0.2, -0.15) is 0 Å². The fraction of sp³-hybridized carbons (Fsp3) is 0.538. The number of piperazine rings is 1. The van der Waals surface area contributed by atoms with Gasteiger partial charge in [0.2, 0.25) is 11.8 Å². The first kappa shape index (κ1) is 14.7. The number of hydrogen-bond acceptors (Lipinski definition) is 5. The molecule has 0 saturated carbocycles. The Morgan fingerprint density at radius 1 is 1.35 bits per heavy atom. The molecule has 1 fully saturated rings. The average molecular weight is 297 g/mol. The van der Waals surface area contributed by atoms with Crippen LogP contribution in [-0.2, 0) is 15.0 Å². The summed E-state index contributed by atoms with van der Waals surface area (Å²) in [6, 6.07) is 1.09. The fourth-order valence-corrected chi connectivity index (χ4v) is 2.06. The lowest BCUT2D eigenvalue weighted by Crippen LogP contribution is -2.57. The van der Waals surface area contributed by atoms with E-state index in [4.69, 9.17) is 11.6 Å². The Morgan fingerprint density at radius 3 is 2.60 bits per heavy atom. The number of imide groups is 1. The van der Waals surface area contributed by atoms with E-state index >= 15 is 0 Å². The van der Waals surface area contributed by atoms with Gasteiger partial charge in [0.05, 0.1) is 6.54 Å². The van der Waals surface area contributed by atoms with Crippen molar-refractivity contribution in [2.24, 2.45) is 0 Å². The maximum absolute atomic E-state index is 11.7. The summed E-state index contributed by atoms with van der Waals surface area (Å²) >= 11 is 6.03. The summed E-state index contributed by atoms with van der Waals surface area (Å²) in [7, 11) is 0. The van der Waals surface area contributed by atoms with Crippen molar-refractivity contribution >= 4 is 29.2 Å². The van der Waals surface area contributed by atoms with Gasteiger partial charge >= 0.3 is 0 Å². The molecule has 6 nitrogen and oxygen atoms in total. The zero-order valence-electron chi connectivity index (χ0n) is 11.9. The van der Waals surface area contributed by atoms with Crippen molar-refractivity contribution in [1.29, 1.82) is 0 Å². The van der Waals surface area contributed by atoms with Crippen LogP contribution in [0.5, 0.6) is 0 Å². The summed E-state index contributed by atoms with van der Waals surface area (Å²) in [6.45, 7) is 7.71. The molecule has 0 aliphatic carbocycles. The van der Waals surface area contributed by atoms with Crippen molar-refractivity contribution in [2.45, 2.75) is 39.2 Å². The first-order valence-corrected chi connectivity index (χ1v) is 6.71. The summed E-state index contributed by atoms with van der Waals surface area (Å²) in [5.41, 5.74) is -0.273. The monoisotopic (exact) mass is 296 g/mol. The lowest BCUT2D eigenvalue weighted by Gasteiger charge is -2.33. The minimum atomic E-state index is -0.480. The molecule has 1 N–H and O–H groups in total. The quantitative estimate of drug-likeness (QED) is 0.624. The first-order chi connectivity index (χ1) is 9.18. The predicted octanol–water partition coefficient (Wildman–Crippen LogP) is 1.28. The number of nitrogens with one attached hydrogen (secondary N) is 1. The maximum atomic E-state index is 11.7. The fourth-order valence-electron chi connectivity index (χ4n) is 1.88. The van der Waals surface area contributed by atoms with Gasteiger partial charge in [-0.3, -0.25) is 14.9 Å². The molecule has 0 spiro atoms. The number of aromatic nitrogens is 2. The predicted molar refractivity (Wildman–Crippen MR) is 75.7 cm³/mol. The highest BCUT2D eigenvalue weighted by atomic mass is 35.5. The third-order valence-corrected chi connectivity index (χ3v) is 3.26. The molecular weight excluding hydrogens is 280 g/mol. The van der Waals surface area contributed by atoms with E-state index in [1.165, 1.54) is 0 Å². The molecular formula is C13H17ClN4O2. The van der Waals surface area contributed by atoms with Crippen LogP contribution in [0.4, 0.5) is 5.82 Å². The van der Waals surface area contributed by atoms with Crippen LogP contribution in [0.15, 0.2) is 6.07 Å². The van der Waals surface area contributed by atoms with E-state index in [0.717, 1.165) is 0 Å². The Hall–Kier alpha value is -1.69. The van der Waals surface area contributed by atoms with Gasteiger partial charge < -0.3 is 4.90 Å². The van der Waals surface area contributed by atoms with Crippen LogP contribution in [0.25, 0.3) is 0 Å². The molecule has 108 valence electrons. The maximum Gasteiger partial charge on any atom is 0.249 e. The largest absolute Gasteiger partial charge is 0.335 e. The zero-order valence-corrected chi connectivity index (χ0v) is 12.7. The summed E-state index contributed by atoms with van der Waals surface area (Å²) < 4.78 is 0. The number of amides is 2. The van der Waals surface area contributed by atoms with Crippen LogP contribution in [0.3, 0.4) is 0 Å². The third kappa shape index (κ3) is 2.90. The smallest absolute Gasteiger partial charge is 0.249 e. The van der Waals surface area contributed by atoms with E-state index in [2.05, 4.69) is 15.3 Å². The molecule has 7 heteroatoms. The average Bonchev–Trinajstić information content (AvgIpc) is 2.32. The molecule has 1 atom stereocenters. The summed E-state index contributed by atoms with van der Waals surface area (Å²) in [6.07, 6.45) is 0. The molecule has 0 aromatic carbocycles. The Balaban J connectivity index is 2.44. The second-order valence-electron chi connectivity index (χ2n) is 5.84. The highest BCUT2D eigenvalue weighted by Crippen LogP contribution is 2.25. The van der Waals surface area contributed by atoms with Crippen LogP contribution in [0.2, 0.25) is 5.15 Å². The Bertz CT molecular complexity index is 568. The highest BCUT2D eigenvalue weighted by Gasteiger charge is 2.32. The van der Waals surface area contributed by atoms with Crippen molar-refractivity contribution in [3.05, 3.63) is 17.0 Å². The van der Waals surface area contributed by atoms with Gasteiger partial charge in [0.1, 0.15) is 22.8 Å². The zero-order chi connectivity index (χ0) is 15.1. The third-order valence-electron chi connectivity index (χ3n) is 3.07. The van der Waals surface area contributed by atoms with E-state index in [1.54, 1.807) is 17.9 Å². The second kappa shape index (κ2) is 5.01. The van der Waals surface area contributed by atoms with Gasteiger partial charge in [0, 0.05) is 11.5 Å². The van der Waals surface area contributed by atoms with E-state index in [9.17, 15) is 9.59 Å². The minimum absolute atomic E-state index is 0.0732. The number of carbonyl (C=O) groups is 2. The number of nitrogens with zero attached hydrogens (tertiary/aromatic N) is 3. The summed E-state index contributed by atoms with van der Waals surface area (Å²) in [4.78, 5) is 33.5. The summed E-state index contributed by atoms with van der Waals surface area (Å²) in [5.74, 6) is 0.379. The molecule has 2 amide bonds. The van der Waals surface area contributed by atoms with Gasteiger partial charge in [0.25, 0.3) is 0 Å². The van der Waals surface area contributed by atoms with Crippen molar-refractivity contribution in [2.75, 3.05) is 11.4 Å². The van der Waals surface area contributed by atoms with Crippen molar-refractivity contribution in [3.8, 4) is 0 Å². The minimum Gasteiger partial charge on any atom is -0.335 e. The molecule has 20 heavy (non-hydrogen) atoms. The van der Waals surface area contributed by atoms with Gasteiger partial charge in [-0.25, -0.2) is 9.97 Å². The van der Waals surface area contributed by atoms with Crippen molar-refractivity contribution in [3.63, 3.8) is 0 Å². The topological polar surface area (TPSA) is 75.2 Å². The molecule has 0 bridgehead atoms. The lowest BCUT2D eigenvalue weighted by molar-refractivity contribution is -0.132. The van der Waals surface area contributed by atoms with Gasteiger partial charge in [-0.1, -0.05) is 32.4 Å². The van der Waals surface area contributed by atoms with Crippen LogP contribution in [-0.4, -0.2) is 34.4 Å². The first-order valence-electron chi connectivity index (χ1n) is 6.34. The standard InChI is InChI=1S/C13H17ClN4O2/c1-7-11(20)17-10(19)6-18(7)9-5-8(14)15-12(16-9)13(2,3)4/h5,7H,6H2,1-4H3,(H,17,19,20). The molecule has 2 heterocycles. The van der Waals surface area contributed by atoms with Gasteiger partial charge in [-0.15, -0.1) is 0 Å². The molecule has 2 rings (SSSR count). The van der Waals surface area contributed by atoms with E-state index in [0.29, 0.717) is 16.8 Å². The molecule has 1 saturated heterocycles. The van der Waals surface area contributed by atoms with Crippen molar-refractivity contribution in [1.82, 2.24) is 15.3 Å². The SMILES string of the molecule is CC1C(=O)NC(=O)CN1c1cc(Cl)nc(C(C)(C)C)n1. The number of anilines is 1. The molecule has 1 aliphatic heterocycles. The van der Waals surface area contributed by atoms with Crippen LogP contribution in [0, 0.1) is 0 Å². The normalized spacial score (nSPS) is 20.1. The highest BCUT2D eigenvalue weighted by molar-refractivity contribution is 6.29. The van der Waals surface area contributed by atoms with Gasteiger partial charge in [-0.05, 0) is 6.92 Å². The van der Waals surface area contributed by atoms with Crippen LogP contribution in [0.1, 0.15) is 33.5 Å².